The van der Waals surface area contributed by atoms with Gasteiger partial charge in [0, 0.05) is 43.8 Å². The molecule has 1 atom stereocenters. The Labute approximate surface area is 125 Å². The molecule has 0 radical (unpaired) electrons. The number of ether oxygens (including phenoxy) is 1. The molecule has 4 heteroatoms. The predicted octanol–water partition coefficient (Wildman–Crippen LogP) is 2.24. The van der Waals surface area contributed by atoms with Crippen LogP contribution in [0.2, 0.25) is 0 Å². The van der Waals surface area contributed by atoms with Crippen LogP contribution in [0.3, 0.4) is 0 Å². The van der Waals surface area contributed by atoms with Crippen LogP contribution in [-0.2, 0) is 17.8 Å². The fraction of sp³-hybridized carbons (Fsp3) is 0.529. The molecule has 1 N–H and O–H groups in total. The smallest absolute Gasteiger partial charge is 0.0667 e. The molecule has 1 fully saturated rings. The van der Waals surface area contributed by atoms with Crippen LogP contribution < -0.4 is 0 Å². The Balaban J connectivity index is 1.84. The van der Waals surface area contributed by atoms with E-state index in [-0.39, 0.29) is 6.10 Å². The normalized spacial score (nSPS) is 20.2. The minimum absolute atomic E-state index is 0.166. The summed E-state index contributed by atoms with van der Waals surface area (Å²) in [7, 11) is 1.74. The number of hydrogen-bond donors (Lipinski definition) is 1. The van der Waals surface area contributed by atoms with Gasteiger partial charge in [0.2, 0.25) is 0 Å². The molecule has 114 valence electrons. The van der Waals surface area contributed by atoms with Crippen molar-refractivity contribution in [2.24, 2.45) is 0 Å². The number of fused-ring (bicyclic) bond motifs is 1. The minimum atomic E-state index is -0.166. The van der Waals surface area contributed by atoms with Crippen molar-refractivity contribution < 1.29 is 9.84 Å². The largest absolute Gasteiger partial charge is 0.392 e. The molecule has 0 amide bonds. The van der Waals surface area contributed by atoms with Gasteiger partial charge in [-0.2, -0.15) is 0 Å². The molecule has 1 aromatic heterocycles. The summed E-state index contributed by atoms with van der Waals surface area (Å²) in [5, 5.41) is 11.1. The number of hydrogen-bond acceptors (Lipinski definition) is 3. The van der Waals surface area contributed by atoms with Gasteiger partial charge >= 0.3 is 0 Å². The Hall–Kier alpha value is -1.36. The van der Waals surface area contributed by atoms with Crippen molar-refractivity contribution in [3.05, 3.63) is 36.0 Å². The Morgan fingerprint density at radius 1 is 1.33 bits per heavy atom. The van der Waals surface area contributed by atoms with E-state index >= 15 is 0 Å². The molecule has 1 aliphatic heterocycles. The van der Waals surface area contributed by atoms with Crippen LogP contribution in [0.1, 0.15) is 18.4 Å². The molecule has 1 aliphatic rings. The zero-order valence-corrected chi connectivity index (χ0v) is 12.7. The number of likely N-dealkylation sites (tertiary alicyclic amines) is 1. The van der Waals surface area contributed by atoms with E-state index < -0.39 is 0 Å². The SMILES string of the molecule is COCCn1cc(CN2CCCC(O)C2)c2ccccc21. The van der Waals surface area contributed by atoms with Gasteiger partial charge in [-0.3, -0.25) is 4.90 Å². The van der Waals surface area contributed by atoms with E-state index in [2.05, 4.69) is 39.9 Å². The van der Waals surface area contributed by atoms with Crippen molar-refractivity contribution in [2.75, 3.05) is 26.8 Å². The van der Waals surface area contributed by atoms with Crippen molar-refractivity contribution in [1.29, 1.82) is 0 Å². The van der Waals surface area contributed by atoms with Crippen molar-refractivity contribution in [1.82, 2.24) is 9.47 Å². The van der Waals surface area contributed by atoms with E-state index in [1.807, 2.05) is 0 Å². The summed E-state index contributed by atoms with van der Waals surface area (Å²) in [6, 6.07) is 8.53. The molecule has 4 nitrogen and oxygen atoms in total. The lowest BCUT2D eigenvalue weighted by molar-refractivity contribution is 0.0670. The van der Waals surface area contributed by atoms with Gasteiger partial charge in [0.05, 0.1) is 12.7 Å². The van der Waals surface area contributed by atoms with Gasteiger partial charge in [-0.05, 0) is 31.0 Å². The van der Waals surface area contributed by atoms with Gasteiger partial charge in [-0.25, -0.2) is 0 Å². The third-order valence-corrected chi connectivity index (χ3v) is 4.28. The van der Waals surface area contributed by atoms with Crippen molar-refractivity contribution in [3.8, 4) is 0 Å². The van der Waals surface area contributed by atoms with Gasteiger partial charge in [-0.15, -0.1) is 0 Å². The maximum Gasteiger partial charge on any atom is 0.0667 e. The summed E-state index contributed by atoms with van der Waals surface area (Å²) < 4.78 is 7.48. The number of para-hydroxylation sites is 1. The van der Waals surface area contributed by atoms with Crippen LogP contribution in [0.5, 0.6) is 0 Å². The third-order valence-electron chi connectivity index (χ3n) is 4.28. The van der Waals surface area contributed by atoms with Gasteiger partial charge in [-0.1, -0.05) is 18.2 Å². The first-order valence-electron chi connectivity index (χ1n) is 7.74. The van der Waals surface area contributed by atoms with Crippen molar-refractivity contribution in [2.45, 2.75) is 32.0 Å². The average Bonchev–Trinajstić information content (AvgIpc) is 2.84. The van der Waals surface area contributed by atoms with E-state index in [9.17, 15) is 5.11 Å². The first-order valence-corrected chi connectivity index (χ1v) is 7.74. The molecular weight excluding hydrogens is 264 g/mol. The maximum atomic E-state index is 9.83. The van der Waals surface area contributed by atoms with E-state index in [0.29, 0.717) is 0 Å². The summed E-state index contributed by atoms with van der Waals surface area (Å²) in [5.41, 5.74) is 2.61. The molecule has 0 bridgehead atoms. The van der Waals surface area contributed by atoms with E-state index in [0.717, 1.165) is 45.6 Å². The average molecular weight is 288 g/mol. The van der Waals surface area contributed by atoms with Crippen LogP contribution in [0.25, 0.3) is 10.9 Å². The fourth-order valence-electron chi connectivity index (χ4n) is 3.24. The Kier molecular flexibility index (Phi) is 4.58. The van der Waals surface area contributed by atoms with Crippen LogP contribution in [0.15, 0.2) is 30.5 Å². The molecule has 0 saturated carbocycles. The van der Waals surface area contributed by atoms with Gasteiger partial charge in [0.1, 0.15) is 0 Å². The first-order chi connectivity index (χ1) is 10.3. The highest BCUT2D eigenvalue weighted by molar-refractivity contribution is 5.83. The van der Waals surface area contributed by atoms with Crippen LogP contribution in [0.4, 0.5) is 0 Å². The topological polar surface area (TPSA) is 37.6 Å². The summed E-state index contributed by atoms with van der Waals surface area (Å²) in [4.78, 5) is 2.36. The quantitative estimate of drug-likeness (QED) is 0.917. The number of piperidine rings is 1. The molecule has 1 aromatic carbocycles. The van der Waals surface area contributed by atoms with Gasteiger partial charge < -0.3 is 14.4 Å². The maximum absolute atomic E-state index is 9.83. The number of aliphatic hydroxyl groups is 1. The second-order valence-corrected chi connectivity index (χ2v) is 5.89. The second kappa shape index (κ2) is 6.60. The number of aromatic nitrogens is 1. The lowest BCUT2D eigenvalue weighted by Crippen LogP contribution is -2.37. The Bertz CT molecular complexity index is 593. The third kappa shape index (κ3) is 3.28. The number of aliphatic hydroxyl groups excluding tert-OH is 1. The highest BCUT2D eigenvalue weighted by atomic mass is 16.5. The van der Waals surface area contributed by atoms with Crippen molar-refractivity contribution >= 4 is 10.9 Å². The van der Waals surface area contributed by atoms with Gasteiger partial charge in [0.25, 0.3) is 0 Å². The summed E-state index contributed by atoms with van der Waals surface area (Å²) in [6.07, 6.45) is 4.10. The van der Waals surface area contributed by atoms with E-state index in [1.165, 1.54) is 16.5 Å². The molecule has 0 spiro atoms. The fourth-order valence-corrected chi connectivity index (χ4v) is 3.24. The van der Waals surface area contributed by atoms with Crippen molar-refractivity contribution in [3.63, 3.8) is 0 Å². The lowest BCUT2D eigenvalue weighted by atomic mass is 10.1. The molecular formula is C17H24N2O2. The lowest BCUT2D eigenvalue weighted by Gasteiger charge is -2.29. The van der Waals surface area contributed by atoms with Crippen LogP contribution in [0, 0.1) is 0 Å². The summed E-state index contributed by atoms with van der Waals surface area (Å²) >= 11 is 0. The number of nitrogens with zero attached hydrogens (tertiary/aromatic N) is 2. The van der Waals surface area contributed by atoms with Gasteiger partial charge in [0.15, 0.2) is 0 Å². The molecule has 21 heavy (non-hydrogen) atoms. The van der Waals surface area contributed by atoms with Crippen LogP contribution in [-0.4, -0.2) is 47.5 Å². The molecule has 3 rings (SSSR count). The Morgan fingerprint density at radius 3 is 3.00 bits per heavy atom. The molecule has 2 aromatic rings. The second-order valence-electron chi connectivity index (χ2n) is 5.89. The molecule has 1 unspecified atom stereocenters. The molecule has 0 aliphatic carbocycles. The molecule has 2 heterocycles. The van der Waals surface area contributed by atoms with E-state index in [4.69, 9.17) is 4.74 Å². The zero-order chi connectivity index (χ0) is 14.7. The minimum Gasteiger partial charge on any atom is -0.392 e. The molecule has 1 saturated heterocycles. The summed E-state index contributed by atoms with van der Waals surface area (Å²) in [5.74, 6) is 0. The first kappa shape index (κ1) is 14.6. The number of benzene rings is 1. The number of rotatable bonds is 5. The standard InChI is InChI=1S/C17H24N2O2/c1-21-10-9-19-12-14(16-6-2-3-7-17(16)19)11-18-8-4-5-15(20)13-18/h2-3,6-7,12,15,20H,4-5,8-11,13H2,1H3. The highest BCUT2D eigenvalue weighted by Crippen LogP contribution is 2.24. The highest BCUT2D eigenvalue weighted by Gasteiger charge is 2.19. The summed E-state index contributed by atoms with van der Waals surface area (Å²) in [6.45, 7) is 4.38. The zero-order valence-electron chi connectivity index (χ0n) is 12.7. The number of methoxy groups -OCH3 is 1. The van der Waals surface area contributed by atoms with Crippen LogP contribution >= 0.6 is 0 Å². The monoisotopic (exact) mass is 288 g/mol. The predicted molar refractivity (Wildman–Crippen MR) is 84.3 cm³/mol. The van der Waals surface area contributed by atoms with E-state index in [1.54, 1.807) is 7.11 Å². The number of β-amino-alcohol motifs (C(OH)–C–C–N with tert-alkyl or cyclic N) is 1. The Morgan fingerprint density at radius 2 is 2.19 bits per heavy atom.